The van der Waals surface area contributed by atoms with Gasteiger partial charge in [-0.3, -0.25) is 9.69 Å². The zero-order chi connectivity index (χ0) is 18.0. The van der Waals surface area contributed by atoms with Crippen LogP contribution >= 0.6 is 0 Å². The molecule has 2 aromatic rings. The van der Waals surface area contributed by atoms with Crippen molar-refractivity contribution in [3.8, 4) is 0 Å². The van der Waals surface area contributed by atoms with Crippen molar-refractivity contribution in [2.24, 2.45) is 7.05 Å². The van der Waals surface area contributed by atoms with E-state index in [2.05, 4.69) is 9.88 Å². The van der Waals surface area contributed by atoms with Crippen LogP contribution in [0.1, 0.15) is 5.82 Å². The van der Waals surface area contributed by atoms with Gasteiger partial charge < -0.3 is 18.9 Å². The third-order valence-corrected chi connectivity index (χ3v) is 5.03. The predicted octanol–water partition coefficient (Wildman–Crippen LogP) is 1.05. The van der Waals surface area contributed by atoms with Crippen molar-refractivity contribution in [1.29, 1.82) is 0 Å². The summed E-state index contributed by atoms with van der Waals surface area (Å²) in [6.45, 7) is 3.96. The number of benzene rings is 1. The number of imidazole rings is 1. The lowest BCUT2D eigenvalue weighted by Gasteiger charge is -2.43. The summed E-state index contributed by atoms with van der Waals surface area (Å²) in [5.41, 5.74) is 0.380. The largest absolute Gasteiger partial charge is 0.377 e. The minimum atomic E-state index is -0.522. The molecule has 2 aliphatic heterocycles. The Hall–Kier alpha value is -2.22. The van der Waals surface area contributed by atoms with E-state index in [4.69, 9.17) is 9.47 Å². The molecule has 3 heterocycles. The minimum absolute atomic E-state index is 0.0123. The van der Waals surface area contributed by atoms with E-state index in [0.717, 1.165) is 24.6 Å². The van der Waals surface area contributed by atoms with Crippen LogP contribution in [0.25, 0.3) is 0 Å². The highest BCUT2D eigenvalue weighted by molar-refractivity contribution is 5.95. The Bertz CT molecular complexity index is 763. The van der Waals surface area contributed by atoms with Crippen molar-refractivity contribution in [3.05, 3.63) is 48.5 Å². The van der Waals surface area contributed by atoms with Crippen LogP contribution in [0.15, 0.2) is 42.7 Å². The Balaban J connectivity index is 1.53. The van der Waals surface area contributed by atoms with E-state index in [0.29, 0.717) is 26.3 Å². The van der Waals surface area contributed by atoms with Crippen LogP contribution in [0.5, 0.6) is 0 Å². The topological polar surface area (TPSA) is 59.8 Å². The number of amides is 1. The van der Waals surface area contributed by atoms with Crippen molar-refractivity contribution in [1.82, 2.24) is 14.5 Å². The normalized spacial score (nSPS) is 24.8. The maximum atomic E-state index is 12.4. The van der Waals surface area contributed by atoms with Crippen molar-refractivity contribution in [3.63, 3.8) is 0 Å². The van der Waals surface area contributed by atoms with Gasteiger partial charge in [-0.05, 0) is 12.1 Å². The zero-order valence-corrected chi connectivity index (χ0v) is 15.0. The first-order valence-electron chi connectivity index (χ1n) is 8.91. The highest BCUT2D eigenvalue weighted by Gasteiger charge is 2.43. The molecule has 1 atom stereocenters. The maximum absolute atomic E-state index is 12.4. The highest BCUT2D eigenvalue weighted by atomic mass is 16.6. The second kappa shape index (κ2) is 7.19. The quantitative estimate of drug-likeness (QED) is 0.823. The van der Waals surface area contributed by atoms with Crippen LogP contribution in [0.2, 0.25) is 0 Å². The molecule has 2 saturated heterocycles. The number of carbonyl (C=O) groups is 1. The number of anilines is 1. The van der Waals surface area contributed by atoms with E-state index in [1.54, 1.807) is 0 Å². The average molecular weight is 356 g/mol. The number of hydrogen-bond donors (Lipinski definition) is 0. The summed E-state index contributed by atoms with van der Waals surface area (Å²) >= 11 is 0. The molecule has 1 aromatic heterocycles. The number of morpholine rings is 1. The number of hydrogen-bond acceptors (Lipinski definition) is 5. The van der Waals surface area contributed by atoms with Gasteiger partial charge in [0.25, 0.3) is 5.91 Å². The number of aromatic nitrogens is 2. The molecule has 138 valence electrons. The maximum Gasteiger partial charge on any atom is 0.253 e. The Morgan fingerprint density at radius 1 is 1.23 bits per heavy atom. The molecule has 0 N–H and O–H groups in total. The molecule has 7 nitrogen and oxygen atoms in total. The van der Waals surface area contributed by atoms with E-state index < -0.39 is 5.60 Å². The Morgan fingerprint density at radius 2 is 2.08 bits per heavy atom. The third kappa shape index (κ3) is 3.51. The van der Waals surface area contributed by atoms with Crippen LogP contribution in [-0.2, 0) is 27.9 Å². The van der Waals surface area contributed by atoms with Gasteiger partial charge in [-0.15, -0.1) is 0 Å². The minimum Gasteiger partial charge on any atom is -0.377 e. The summed E-state index contributed by atoms with van der Waals surface area (Å²) in [5, 5.41) is 0. The van der Waals surface area contributed by atoms with Gasteiger partial charge in [-0.25, -0.2) is 4.98 Å². The molecule has 1 amide bonds. The lowest BCUT2D eigenvalue weighted by atomic mass is 10.0. The molecule has 0 aliphatic carbocycles. The molecular formula is C19H24N4O3. The SMILES string of the molecule is Cn1ccnc1CN1CCOCC2(C1)CN(c1ccccc1)C(=O)CO2. The fraction of sp³-hybridized carbons (Fsp3) is 0.474. The number of nitrogens with zero attached hydrogens (tertiary/aromatic N) is 4. The summed E-state index contributed by atoms with van der Waals surface area (Å²) in [4.78, 5) is 21.0. The molecule has 26 heavy (non-hydrogen) atoms. The second-order valence-corrected chi connectivity index (χ2v) is 7.00. The number of para-hydroxylation sites is 1. The van der Waals surface area contributed by atoms with Crippen LogP contribution in [0.4, 0.5) is 5.69 Å². The van der Waals surface area contributed by atoms with Gasteiger partial charge in [0.05, 0.1) is 26.3 Å². The third-order valence-electron chi connectivity index (χ3n) is 5.03. The van der Waals surface area contributed by atoms with E-state index in [1.807, 2.05) is 59.2 Å². The molecule has 7 heteroatoms. The molecule has 1 unspecified atom stereocenters. The Morgan fingerprint density at radius 3 is 2.85 bits per heavy atom. The predicted molar refractivity (Wildman–Crippen MR) is 96.8 cm³/mol. The first-order valence-corrected chi connectivity index (χ1v) is 8.91. The van der Waals surface area contributed by atoms with Crippen LogP contribution < -0.4 is 4.90 Å². The monoisotopic (exact) mass is 356 g/mol. The summed E-state index contributed by atoms with van der Waals surface area (Å²) < 4.78 is 13.9. The van der Waals surface area contributed by atoms with Gasteiger partial charge in [0.2, 0.25) is 0 Å². The first kappa shape index (κ1) is 17.2. The van der Waals surface area contributed by atoms with Crippen molar-refractivity contribution in [2.75, 3.05) is 44.4 Å². The van der Waals surface area contributed by atoms with Gasteiger partial charge >= 0.3 is 0 Å². The molecule has 0 radical (unpaired) electrons. The van der Waals surface area contributed by atoms with Gasteiger partial charge in [0, 0.05) is 38.2 Å². The lowest BCUT2D eigenvalue weighted by Crippen LogP contribution is -2.60. The highest BCUT2D eigenvalue weighted by Crippen LogP contribution is 2.27. The molecule has 2 aliphatic rings. The van der Waals surface area contributed by atoms with Crippen LogP contribution in [0, 0.1) is 0 Å². The fourth-order valence-electron chi connectivity index (χ4n) is 3.61. The van der Waals surface area contributed by atoms with Crippen LogP contribution in [-0.4, -0.2) is 65.4 Å². The number of ether oxygens (including phenoxy) is 2. The Kier molecular flexibility index (Phi) is 4.76. The fourth-order valence-corrected chi connectivity index (χ4v) is 3.61. The number of carbonyl (C=O) groups excluding carboxylic acids is 1. The molecular weight excluding hydrogens is 332 g/mol. The average Bonchev–Trinajstić information content (AvgIpc) is 2.95. The first-order chi connectivity index (χ1) is 12.7. The summed E-state index contributed by atoms with van der Waals surface area (Å²) in [7, 11) is 2.00. The van der Waals surface area contributed by atoms with E-state index in [-0.39, 0.29) is 12.5 Å². The van der Waals surface area contributed by atoms with E-state index >= 15 is 0 Å². The molecule has 0 saturated carbocycles. The van der Waals surface area contributed by atoms with Crippen molar-refractivity contribution in [2.45, 2.75) is 12.1 Å². The molecule has 1 aromatic carbocycles. The van der Waals surface area contributed by atoms with Crippen LogP contribution in [0.3, 0.4) is 0 Å². The Labute approximate surface area is 153 Å². The molecule has 1 spiro atoms. The molecule has 4 rings (SSSR count). The van der Waals surface area contributed by atoms with Crippen molar-refractivity contribution < 1.29 is 14.3 Å². The van der Waals surface area contributed by atoms with Gasteiger partial charge in [0.1, 0.15) is 18.0 Å². The van der Waals surface area contributed by atoms with E-state index in [1.165, 1.54) is 0 Å². The molecule has 2 fully saturated rings. The van der Waals surface area contributed by atoms with Gasteiger partial charge in [-0.1, -0.05) is 18.2 Å². The molecule has 0 bridgehead atoms. The number of aryl methyl sites for hydroxylation is 1. The van der Waals surface area contributed by atoms with E-state index in [9.17, 15) is 4.79 Å². The summed E-state index contributed by atoms with van der Waals surface area (Å²) in [6.07, 6.45) is 3.76. The van der Waals surface area contributed by atoms with Gasteiger partial charge in [0.15, 0.2) is 0 Å². The lowest BCUT2D eigenvalue weighted by molar-refractivity contribution is -0.146. The second-order valence-electron chi connectivity index (χ2n) is 7.00. The van der Waals surface area contributed by atoms with Crippen molar-refractivity contribution >= 4 is 11.6 Å². The summed E-state index contributed by atoms with van der Waals surface area (Å²) in [6, 6.07) is 9.76. The standard InChI is InChI=1S/C19H24N4O3/c1-21-8-7-20-17(21)11-22-9-10-25-15-19(13-22)14-23(18(24)12-26-19)16-5-3-2-4-6-16/h2-8H,9-15H2,1H3. The summed E-state index contributed by atoms with van der Waals surface area (Å²) in [5.74, 6) is 0.996. The smallest absolute Gasteiger partial charge is 0.253 e. The van der Waals surface area contributed by atoms with Gasteiger partial charge in [-0.2, -0.15) is 0 Å². The number of rotatable bonds is 3. The zero-order valence-electron chi connectivity index (χ0n) is 15.0.